The number of nitrogens with two attached hydrogens (primary N) is 1. The van der Waals surface area contributed by atoms with Gasteiger partial charge in [0.15, 0.2) is 0 Å². The average molecular weight is 262 g/mol. The van der Waals surface area contributed by atoms with Crippen molar-refractivity contribution in [2.75, 3.05) is 17.6 Å². The molecule has 1 fully saturated rings. The molecule has 0 saturated heterocycles. The predicted octanol–water partition coefficient (Wildman–Crippen LogP) is 4.05. The molecule has 1 aliphatic carbocycles. The van der Waals surface area contributed by atoms with Gasteiger partial charge in [-0.1, -0.05) is 31.7 Å². The minimum atomic E-state index is 0.149. The molecule has 0 amide bonds. The summed E-state index contributed by atoms with van der Waals surface area (Å²) in [6.07, 6.45) is 7.00. The lowest BCUT2D eigenvalue weighted by atomic mass is 10.0. The standard InChI is InChI=1S/C16H26N2O/c1-12(2)19-15-9-5-8-14(16(15)17)18-11-10-13-6-3-4-7-13/h5,8-9,12-13,18H,3-4,6-7,10-11,17H2,1-2H3. The third-order valence-electron chi connectivity index (χ3n) is 3.77. The lowest BCUT2D eigenvalue weighted by Gasteiger charge is -2.16. The molecule has 0 bridgehead atoms. The fraction of sp³-hybridized carbons (Fsp3) is 0.625. The first-order valence-electron chi connectivity index (χ1n) is 7.46. The molecular formula is C16H26N2O. The smallest absolute Gasteiger partial charge is 0.144 e. The SMILES string of the molecule is CC(C)Oc1cccc(NCCC2CCCC2)c1N. The van der Waals surface area contributed by atoms with E-state index < -0.39 is 0 Å². The maximum absolute atomic E-state index is 6.14. The van der Waals surface area contributed by atoms with Crippen LogP contribution in [-0.2, 0) is 0 Å². The fourth-order valence-electron chi connectivity index (χ4n) is 2.76. The molecule has 0 aliphatic heterocycles. The van der Waals surface area contributed by atoms with Gasteiger partial charge >= 0.3 is 0 Å². The highest BCUT2D eigenvalue weighted by Crippen LogP contribution is 2.31. The number of para-hydroxylation sites is 1. The van der Waals surface area contributed by atoms with Gasteiger partial charge in [-0.05, 0) is 38.3 Å². The minimum Gasteiger partial charge on any atom is -0.489 e. The van der Waals surface area contributed by atoms with Crippen LogP contribution in [0.2, 0.25) is 0 Å². The number of hydrogen-bond acceptors (Lipinski definition) is 3. The van der Waals surface area contributed by atoms with E-state index >= 15 is 0 Å². The van der Waals surface area contributed by atoms with Crippen LogP contribution >= 0.6 is 0 Å². The number of nitrogen functional groups attached to an aromatic ring is 1. The summed E-state index contributed by atoms with van der Waals surface area (Å²) in [5.74, 6) is 1.68. The molecule has 106 valence electrons. The van der Waals surface area contributed by atoms with Gasteiger partial charge in [-0.2, -0.15) is 0 Å². The number of rotatable bonds is 6. The van der Waals surface area contributed by atoms with Crippen LogP contribution in [0.5, 0.6) is 5.75 Å². The van der Waals surface area contributed by atoms with Gasteiger partial charge in [-0.25, -0.2) is 0 Å². The maximum atomic E-state index is 6.14. The van der Waals surface area contributed by atoms with Gasteiger partial charge in [-0.15, -0.1) is 0 Å². The molecule has 1 aromatic rings. The third kappa shape index (κ3) is 4.05. The van der Waals surface area contributed by atoms with Crippen molar-refractivity contribution in [2.24, 2.45) is 5.92 Å². The molecule has 1 aliphatic rings. The Hall–Kier alpha value is -1.38. The van der Waals surface area contributed by atoms with Crippen molar-refractivity contribution in [3.63, 3.8) is 0 Å². The molecule has 1 saturated carbocycles. The summed E-state index contributed by atoms with van der Waals surface area (Å²) in [4.78, 5) is 0. The van der Waals surface area contributed by atoms with E-state index in [2.05, 4.69) is 5.32 Å². The van der Waals surface area contributed by atoms with E-state index in [0.717, 1.165) is 29.6 Å². The van der Waals surface area contributed by atoms with Crippen molar-refractivity contribution in [2.45, 2.75) is 52.1 Å². The molecule has 0 radical (unpaired) electrons. The molecule has 0 atom stereocenters. The molecule has 3 heteroatoms. The Morgan fingerprint density at radius 2 is 2.05 bits per heavy atom. The van der Waals surface area contributed by atoms with Crippen LogP contribution in [-0.4, -0.2) is 12.6 Å². The molecule has 3 nitrogen and oxygen atoms in total. The second-order valence-electron chi connectivity index (χ2n) is 5.75. The Labute approximate surface area is 116 Å². The van der Waals surface area contributed by atoms with E-state index in [1.165, 1.54) is 32.1 Å². The highest BCUT2D eigenvalue weighted by molar-refractivity contribution is 5.72. The van der Waals surface area contributed by atoms with Gasteiger partial charge in [0.1, 0.15) is 5.75 Å². The van der Waals surface area contributed by atoms with Crippen LogP contribution < -0.4 is 15.8 Å². The summed E-state index contributed by atoms with van der Waals surface area (Å²) in [5, 5.41) is 3.45. The van der Waals surface area contributed by atoms with Crippen LogP contribution in [0.25, 0.3) is 0 Å². The van der Waals surface area contributed by atoms with Crippen molar-refractivity contribution >= 4 is 11.4 Å². The van der Waals surface area contributed by atoms with E-state index in [1.54, 1.807) is 0 Å². The van der Waals surface area contributed by atoms with Gasteiger partial charge in [0.25, 0.3) is 0 Å². The summed E-state index contributed by atoms with van der Waals surface area (Å²) >= 11 is 0. The van der Waals surface area contributed by atoms with E-state index in [1.807, 2.05) is 32.0 Å². The lowest BCUT2D eigenvalue weighted by Crippen LogP contribution is -2.11. The van der Waals surface area contributed by atoms with Crippen molar-refractivity contribution in [3.8, 4) is 5.75 Å². The van der Waals surface area contributed by atoms with Crippen LogP contribution in [0.1, 0.15) is 46.0 Å². The second-order valence-corrected chi connectivity index (χ2v) is 5.75. The van der Waals surface area contributed by atoms with Gasteiger partial charge in [-0.3, -0.25) is 0 Å². The molecule has 0 spiro atoms. The van der Waals surface area contributed by atoms with Crippen LogP contribution in [0, 0.1) is 5.92 Å². The number of ether oxygens (including phenoxy) is 1. The fourth-order valence-corrected chi connectivity index (χ4v) is 2.76. The minimum absolute atomic E-state index is 0.149. The van der Waals surface area contributed by atoms with Crippen molar-refractivity contribution in [1.29, 1.82) is 0 Å². The van der Waals surface area contributed by atoms with Gasteiger partial charge in [0, 0.05) is 6.54 Å². The molecule has 2 rings (SSSR count). The summed E-state index contributed by atoms with van der Waals surface area (Å²) in [7, 11) is 0. The summed E-state index contributed by atoms with van der Waals surface area (Å²) in [6, 6.07) is 5.95. The molecular weight excluding hydrogens is 236 g/mol. The Balaban J connectivity index is 1.88. The quantitative estimate of drug-likeness (QED) is 0.760. The summed E-state index contributed by atoms with van der Waals surface area (Å²) < 4.78 is 5.70. The third-order valence-corrected chi connectivity index (χ3v) is 3.77. The Kier molecular flexibility index (Phi) is 4.94. The first kappa shape index (κ1) is 14.0. The van der Waals surface area contributed by atoms with Crippen molar-refractivity contribution < 1.29 is 4.74 Å². The molecule has 1 aromatic carbocycles. The normalized spacial score (nSPS) is 15.9. The van der Waals surface area contributed by atoms with Gasteiger partial charge < -0.3 is 15.8 Å². The Morgan fingerprint density at radius 1 is 1.32 bits per heavy atom. The highest BCUT2D eigenvalue weighted by atomic mass is 16.5. The van der Waals surface area contributed by atoms with Crippen LogP contribution in [0.15, 0.2) is 18.2 Å². The number of benzene rings is 1. The molecule has 3 N–H and O–H groups in total. The molecule has 19 heavy (non-hydrogen) atoms. The van der Waals surface area contributed by atoms with E-state index in [0.29, 0.717) is 0 Å². The molecule has 0 unspecified atom stereocenters. The number of hydrogen-bond donors (Lipinski definition) is 2. The summed E-state index contributed by atoms with van der Waals surface area (Å²) in [6.45, 7) is 5.03. The van der Waals surface area contributed by atoms with E-state index in [4.69, 9.17) is 10.5 Å². The lowest BCUT2D eigenvalue weighted by molar-refractivity contribution is 0.244. The highest BCUT2D eigenvalue weighted by Gasteiger charge is 2.14. The van der Waals surface area contributed by atoms with E-state index in [-0.39, 0.29) is 6.10 Å². The molecule has 0 heterocycles. The Bertz CT molecular complexity index is 398. The van der Waals surface area contributed by atoms with Crippen molar-refractivity contribution in [3.05, 3.63) is 18.2 Å². The topological polar surface area (TPSA) is 47.3 Å². The largest absolute Gasteiger partial charge is 0.489 e. The van der Waals surface area contributed by atoms with Crippen molar-refractivity contribution in [1.82, 2.24) is 0 Å². The predicted molar refractivity (Wildman–Crippen MR) is 81.7 cm³/mol. The average Bonchev–Trinajstić information content (AvgIpc) is 2.86. The monoisotopic (exact) mass is 262 g/mol. The summed E-state index contributed by atoms with van der Waals surface area (Å²) in [5.41, 5.74) is 7.86. The zero-order chi connectivity index (χ0) is 13.7. The first-order valence-corrected chi connectivity index (χ1v) is 7.46. The number of nitrogens with one attached hydrogen (secondary N) is 1. The second kappa shape index (κ2) is 6.69. The zero-order valence-corrected chi connectivity index (χ0v) is 12.1. The first-order chi connectivity index (χ1) is 9.16. The zero-order valence-electron chi connectivity index (χ0n) is 12.1. The van der Waals surface area contributed by atoms with Crippen LogP contribution in [0.3, 0.4) is 0 Å². The Morgan fingerprint density at radius 3 is 2.74 bits per heavy atom. The van der Waals surface area contributed by atoms with E-state index in [9.17, 15) is 0 Å². The maximum Gasteiger partial charge on any atom is 0.144 e. The number of anilines is 2. The van der Waals surface area contributed by atoms with Crippen LogP contribution in [0.4, 0.5) is 11.4 Å². The van der Waals surface area contributed by atoms with Gasteiger partial charge in [0.05, 0.1) is 17.5 Å². The molecule has 0 aromatic heterocycles. The van der Waals surface area contributed by atoms with Gasteiger partial charge in [0.2, 0.25) is 0 Å².